The zero-order chi connectivity index (χ0) is 12.8. The van der Waals surface area contributed by atoms with E-state index in [1.165, 1.54) is 0 Å². The number of ether oxygens (including phenoxy) is 1. The molecule has 98 valence electrons. The van der Waals surface area contributed by atoms with Crippen molar-refractivity contribution >= 4 is 5.91 Å². The van der Waals surface area contributed by atoms with E-state index >= 15 is 0 Å². The quantitative estimate of drug-likeness (QED) is 0.768. The molecule has 0 spiro atoms. The molecule has 0 radical (unpaired) electrons. The molecule has 1 fully saturated rings. The van der Waals surface area contributed by atoms with Crippen molar-refractivity contribution in [2.75, 3.05) is 13.2 Å². The highest BCUT2D eigenvalue weighted by atomic mass is 16.5. The molecule has 1 aliphatic rings. The Kier molecular flexibility index (Phi) is 4.59. The molecule has 2 N–H and O–H groups in total. The van der Waals surface area contributed by atoms with Crippen molar-refractivity contribution in [2.24, 2.45) is 0 Å². The number of hydrogen-bond donors (Lipinski definition) is 2. The number of benzene rings is 1. The molecule has 0 heterocycles. The average molecular weight is 248 g/mol. The first-order valence-electron chi connectivity index (χ1n) is 6.50. The van der Waals surface area contributed by atoms with Crippen molar-refractivity contribution in [1.82, 2.24) is 10.6 Å². The third-order valence-corrected chi connectivity index (χ3v) is 2.82. The minimum Gasteiger partial charge on any atom is -0.494 e. The van der Waals surface area contributed by atoms with Crippen LogP contribution >= 0.6 is 0 Å². The molecule has 4 nitrogen and oxygen atoms in total. The Morgan fingerprint density at radius 2 is 2.17 bits per heavy atom. The van der Waals surface area contributed by atoms with Gasteiger partial charge in [-0.25, -0.2) is 0 Å². The lowest BCUT2D eigenvalue weighted by molar-refractivity contribution is -0.120. The van der Waals surface area contributed by atoms with E-state index in [-0.39, 0.29) is 5.91 Å². The van der Waals surface area contributed by atoms with E-state index in [0.29, 0.717) is 25.7 Å². The molecule has 1 aromatic rings. The van der Waals surface area contributed by atoms with E-state index in [2.05, 4.69) is 10.6 Å². The summed E-state index contributed by atoms with van der Waals surface area (Å²) in [5.41, 5.74) is 1.08. The minimum absolute atomic E-state index is 0.0754. The predicted octanol–water partition coefficient (Wildman–Crippen LogP) is 1.45. The summed E-state index contributed by atoms with van der Waals surface area (Å²) in [6, 6.07) is 8.31. The zero-order valence-corrected chi connectivity index (χ0v) is 10.7. The van der Waals surface area contributed by atoms with Gasteiger partial charge in [0.2, 0.25) is 5.91 Å². The van der Waals surface area contributed by atoms with Gasteiger partial charge in [0.1, 0.15) is 5.75 Å². The van der Waals surface area contributed by atoms with E-state index in [4.69, 9.17) is 4.74 Å². The fourth-order valence-corrected chi connectivity index (χ4v) is 1.76. The smallest absolute Gasteiger partial charge is 0.234 e. The molecule has 0 unspecified atom stereocenters. The molecule has 18 heavy (non-hydrogen) atoms. The summed E-state index contributed by atoms with van der Waals surface area (Å²) in [7, 11) is 0. The van der Waals surface area contributed by atoms with Crippen molar-refractivity contribution in [2.45, 2.75) is 32.4 Å². The van der Waals surface area contributed by atoms with Crippen LogP contribution in [0.15, 0.2) is 24.3 Å². The molecule has 0 saturated heterocycles. The topological polar surface area (TPSA) is 50.4 Å². The van der Waals surface area contributed by atoms with Gasteiger partial charge in [0.05, 0.1) is 13.2 Å². The number of para-hydroxylation sites is 1. The third kappa shape index (κ3) is 4.04. The van der Waals surface area contributed by atoms with Gasteiger partial charge in [0.15, 0.2) is 0 Å². The molecular formula is C14H20N2O2. The summed E-state index contributed by atoms with van der Waals surface area (Å²) in [5, 5.41) is 6.09. The number of nitrogens with one attached hydrogen (secondary N) is 2. The van der Waals surface area contributed by atoms with Crippen LogP contribution in [0.4, 0.5) is 0 Å². The zero-order valence-electron chi connectivity index (χ0n) is 10.7. The van der Waals surface area contributed by atoms with Gasteiger partial charge < -0.3 is 15.4 Å². The summed E-state index contributed by atoms with van der Waals surface area (Å²) >= 11 is 0. The minimum atomic E-state index is 0.0754. The molecule has 0 aromatic heterocycles. The average Bonchev–Trinajstić information content (AvgIpc) is 3.15. The number of hydrogen-bond acceptors (Lipinski definition) is 3. The van der Waals surface area contributed by atoms with E-state index in [1.54, 1.807) is 0 Å². The molecule has 0 bridgehead atoms. The van der Waals surface area contributed by atoms with Crippen molar-refractivity contribution in [3.8, 4) is 5.75 Å². The summed E-state index contributed by atoms with van der Waals surface area (Å²) in [6.45, 7) is 3.62. The van der Waals surface area contributed by atoms with E-state index in [0.717, 1.165) is 24.2 Å². The largest absolute Gasteiger partial charge is 0.494 e. The van der Waals surface area contributed by atoms with Crippen molar-refractivity contribution in [3.63, 3.8) is 0 Å². The fourth-order valence-electron chi connectivity index (χ4n) is 1.76. The van der Waals surface area contributed by atoms with Crippen LogP contribution in [0.3, 0.4) is 0 Å². The van der Waals surface area contributed by atoms with Crippen LogP contribution in [0, 0.1) is 0 Å². The SMILES string of the molecule is CCOc1ccccc1CNCC(=O)NC1CC1. The molecule has 1 saturated carbocycles. The Morgan fingerprint density at radius 1 is 1.39 bits per heavy atom. The molecule has 2 rings (SSSR count). The summed E-state index contributed by atoms with van der Waals surface area (Å²) in [5.74, 6) is 0.960. The lowest BCUT2D eigenvalue weighted by atomic mass is 10.2. The van der Waals surface area contributed by atoms with Crippen LogP contribution in [0.25, 0.3) is 0 Å². The second-order valence-corrected chi connectivity index (χ2v) is 4.49. The normalized spacial score (nSPS) is 14.3. The molecule has 0 atom stereocenters. The Balaban J connectivity index is 1.76. The molecule has 1 aromatic carbocycles. The van der Waals surface area contributed by atoms with Crippen molar-refractivity contribution in [3.05, 3.63) is 29.8 Å². The second kappa shape index (κ2) is 6.40. The summed E-state index contributed by atoms with van der Waals surface area (Å²) in [6.07, 6.45) is 2.25. The van der Waals surface area contributed by atoms with Gasteiger partial charge in [-0.15, -0.1) is 0 Å². The number of carbonyl (C=O) groups is 1. The van der Waals surface area contributed by atoms with Crippen molar-refractivity contribution < 1.29 is 9.53 Å². The summed E-state index contributed by atoms with van der Waals surface area (Å²) in [4.78, 5) is 11.5. The first-order chi connectivity index (χ1) is 8.79. The highest BCUT2D eigenvalue weighted by Gasteiger charge is 2.22. The molecule has 0 aliphatic heterocycles. The van der Waals surface area contributed by atoms with Crippen LogP contribution in [-0.2, 0) is 11.3 Å². The molecule has 4 heteroatoms. The van der Waals surface area contributed by atoms with E-state index in [9.17, 15) is 4.79 Å². The van der Waals surface area contributed by atoms with E-state index in [1.807, 2.05) is 31.2 Å². The maximum atomic E-state index is 11.5. The lowest BCUT2D eigenvalue weighted by Crippen LogP contribution is -2.34. The van der Waals surface area contributed by atoms with Gasteiger partial charge in [0.25, 0.3) is 0 Å². The number of rotatable bonds is 7. The molecule has 1 aliphatic carbocycles. The van der Waals surface area contributed by atoms with Crippen LogP contribution < -0.4 is 15.4 Å². The van der Waals surface area contributed by atoms with Gasteiger partial charge in [-0.2, -0.15) is 0 Å². The Labute approximate surface area is 108 Å². The third-order valence-electron chi connectivity index (χ3n) is 2.82. The van der Waals surface area contributed by atoms with Crippen LogP contribution in [0.1, 0.15) is 25.3 Å². The fraction of sp³-hybridized carbons (Fsp3) is 0.500. The van der Waals surface area contributed by atoms with Gasteiger partial charge >= 0.3 is 0 Å². The highest BCUT2D eigenvalue weighted by Crippen LogP contribution is 2.18. The number of carbonyl (C=O) groups excluding carboxylic acids is 1. The number of amides is 1. The first-order valence-corrected chi connectivity index (χ1v) is 6.50. The van der Waals surface area contributed by atoms with Gasteiger partial charge in [0, 0.05) is 18.2 Å². The van der Waals surface area contributed by atoms with Gasteiger partial charge in [-0.3, -0.25) is 4.79 Å². The molecular weight excluding hydrogens is 228 g/mol. The second-order valence-electron chi connectivity index (χ2n) is 4.49. The van der Waals surface area contributed by atoms with Crippen LogP contribution in [0.2, 0.25) is 0 Å². The Morgan fingerprint density at radius 3 is 2.89 bits per heavy atom. The lowest BCUT2D eigenvalue weighted by Gasteiger charge is -2.10. The maximum Gasteiger partial charge on any atom is 0.234 e. The van der Waals surface area contributed by atoms with Crippen LogP contribution in [0.5, 0.6) is 5.75 Å². The monoisotopic (exact) mass is 248 g/mol. The standard InChI is InChI=1S/C14H20N2O2/c1-2-18-13-6-4-3-5-11(13)9-15-10-14(17)16-12-7-8-12/h3-6,12,15H,2,7-10H2,1H3,(H,16,17). The van der Waals surface area contributed by atoms with Crippen molar-refractivity contribution in [1.29, 1.82) is 0 Å². The van der Waals surface area contributed by atoms with Crippen LogP contribution in [-0.4, -0.2) is 25.1 Å². The molecule has 1 amide bonds. The predicted molar refractivity (Wildman–Crippen MR) is 70.5 cm³/mol. The highest BCUT2D eigenvalue weighted by molar-refractivity contribution is 5.78. The van der Waals surface area contributed by atoms with E-state index < -0.39 is 0 Å². The Hall–Kier alpha value is -1.55. The van der Waals surface area contributed by atoms with Gasteiger partial charge in [-0.05, 0) is 25.8 Å². The first kappa shape index (κ1) is 12.9. The Bertz CT molecular complexity index is 403. The van der Waals surface area contributed by atoms with Gasteiger partial charge in [-0.1, -0.05) is 18.2 Å². The summed E-state index contributed by atoms with van der Waals surface area (Å²) < 4.78 is 5.53. The maximum absolute atomic E-state index is 11.5.